The van der Waals surface area contributed by atoms with Gasteiger partial charge in [0.1, 0.15) is 25.0 Å². The number of hydrogen-bond donors (Lipinski definition) is 3. The third-order valence-corrected chi connectivity index (χ3v) is 19.6. The molecule has 3 aliphatic rings. The highest BCUT2D eigenvalue weighted by Gasteiger charge is 2.53. The highest BCUT2D eigenvalue weighted by atomic mass is 28.4. The second kappa shape index (κ2) is 20.7. The first-order chi connectivity index (χ1) is 29.4. The van der Waals surface area contributed by atoms with Crippen LogP contribution in [0.1, 0.15) is 121 Å². The van der Waals surface area contributed by atoms with Gasteiger partial charge in [0, 0.05) is 25.6 Å². The van der Waals surface area contributed by atoms with Gasteiger partial charge in [0.25, 0.3) is 14.2 Å². The van der Waals surface area contributed by atoms with Crippen molar-refractivity contribution in [2.45, 2.75) is 149 Å². The molecule has 340 valence electrons. The van der Waals surface area contributed by atoms with Crippen molar-refractivity contribution in [3.05, 3.63) is 71.3 Å². The fourth-order valence-corrected chi connectivity index (χ4v) is 15.0. The number of aryl methyl sites for hydroxylation is 1. The summed E-state index contributed by atoms with van der Waals surface area (Å²) in [5, 5.41) is 16.1. The van der Waals surface area contributed by atoms with Gasteiger partial charge in [0.2, 0.25) is 5.91 Å². The molecule has 0 aromatic heterocycles. The monoisotopic (exact) mass is 874 g/mol. The number of hydrogen-bond acceptors (Lipinski definition) is 9. The molecule has 13 nitrogen and oxygen atoms in total. The van der Waals surface area contributed by atoms with Gasteiger partial charge >= 0.3 is 12.2 Å². The number of aliphatic hydroxyl groups is 1. The zero-order valence-electron chi connectivity index (χ0n) is 38.4. The van der Waals surface area contributed by atoms with Crippen molar-refractivity contribution in [3.63, 3.8) is 0 Å². The predicted octanol–water partition coefficient (Wildman–Crippen LogP) is 8.71. The first kappa shape index (κ1) is 48.3. The lowest BCUT2D eigenvalue weighted by atomic mass is 9.91. The van der Waals surface area contributed by atoms with Gasteiger partial charge < -0.3 is 29.2 Å². The third-order valence-electron chi connectivity index (χ3n) is 13.6. The molecule has 5 rings (SSSR count). The second-order valence-corrected chi connectivity index (χ2v) is 24.2. The Morgan fingerprint density at radius 1 is 0.952 bits per heavy atom. The van der Waals surface area contributed by atoms with Crippen molar-refractivity contribution < 1.29 is 43.0 Å². The van der Waals surface area contributed by atoms with Crippen LogP contribution in [0.2, 0.25) is 16.6 Å². The van der Waals surface area contributed by atoms with E-state index < -0.39 is 32.6 Å². The Hall–Kier alpha value is -4.69. The van der Waals surface area contributed by atoms with Crippen LogP contribution in [0, 0.1) is 18.3 Å². The molecule has 2 aromatic rings. The molecular weight excluding hydrogens is 805 g/mol. The van der Waals surface area contributed by atoms with E-state index in [0.29, 0.717) is 71.5 Å². The molecule has 2 saturated heterocycles. The third kappa shape index (κ3) is 10.9. The number of carbonyl (C=O) groups excluding carboxylic acids is 5. The van der Waals surface area contributed by atoms with Crippen LogP contribution in [-0.2, 0) is 32.1 Å². The van der Waals surface area contributed by atoms with Crippen molar-refractivity contribution in [1.82, 2.24) is 15.1 Å². The van der Waals surface area contributed by atoms with Crippen molar-refractivity contribution in [3.8, 4) is 5.75 Å². The number of nitrogens with zero attached hydrogens (tertiary/aromatic N) is 2. The number of ketones is 1. The number of Topliss-reactive ketones (excluding diaryl/α,β-unsaturated/α-hetero) is 1. The maximum Gasteiger partial charge on any atom is 0.411 e. The minimum Gasteiger partial charge on any atom is -0.542 e. The molecule has 3 N–H and O–H groups in total. The smallest absolute Gasteiger partial charge is 0.411 e. The first-order valence-corrected chi connectivity index (χ1v) is 24.7. The average molecular weight is 875 g/mol. The Labute approximate surface area is 369 Å². The Balaban J connectivity index is 1.28. The van der Waals surface area contributed by atoms with Gasteiger partial charge in [-0.25, -0.2) is 9.59 Å². The van der Waals surface area contributed by atoms with Crippen LogP contribution in [0.25, 0.3) is 0 Å². The van der Waals surface area contributed by atoms with Crippen LogP contribution in [0.15, 0.2) is 49.1 Å². The van der Waals surface area contributed by atoms with Crippen molar-refractivity contribution in [2.24, 2.45) is 11.3 Å². The quantitative estimate of drug-likeness (QED) is 0.0926. The maximum atomic E-state index is 14.3. The van der Waals surface area contributed by atoms with Crippen LogP contribution in [0.5, 0.6) is 5.75 Å². The van der Waals surface area contributed by atoms with E-state index in [1.54, 1.807) is 41.3 Å². The van der Waals surface area contributed by atoms with Crippen LogP contribution in [0.4, 0.5) is 15.3 Å². The molecule has 2 aliphatic heterocycles. The standard InChI is InChI=1S/C48H70N4O9Si/c1-11-22-59-47(58)51-21-13-14-40(51)44(55)50-43(33(9)12-2)41(54)24-35-15-17-36(18-16-35)28-60-46(57)49-39-25-42(61-62(30(3)4,31(5)6)32(7)8)34(10)23-38(39)45(56)52-29-48(19-20-48)26-37(52)27-53/h11,15-18,23,25,30-33,37,40,43,53H,1,12-14,19-22,24,26-29H2,2-10H3,(H,49,57)(H,50,55)/t33-,37-,40-,43?/m0/s1. The molecule has 14 heteroatoms. The van der Waals surface area contributed by atoms with E-state index in [9.17, 15) is 29.1 Å². The average Bonchev–Trinajstić information content (AvgIpc) is 3.62. The van der Waals surface area contributed by atoms with Gasteiger partial charge in [-0.15, -0.1) is 0 Å². The SMILES string of the molecule is C=CCOC(=O)N1CCC[C@H]1C(=O)NC(C(=O)Cc1ccc(COC(=O)Nc2cc(O[Si](C(C)C)(C(C)C)C(C)C)c(C)cc2C(=O)N2CC3(CC3)C[C@H]2CO)cc1)[C@@H](C)CC. The molecule has 0 bridgehead atoms. The van der Waals surface area contributed by atoms with Crippen molar-refractivity contribution in [2.75, 3.05) is 31.6 Å². The van der Waals surface area contributed by atoms with Crippen molar-refractivity contribution >= 4 is 43.8 Å². The van der Waals surface area contributed by atoms with Crippen molar-refractivity contribution in [1.29, 1.82) is 0 Å². The van der Waals surface area contributed by atoms with Gasteiger partial charge in [-0.1, -0.05) is 98.7 Å². The number of carbonyl (C=O) groups is 5. The lowest BCUT2D eigenvalue weighted by Gasteiger charge is -2.42. The van der Waals surface area contributed by atoms with Crippen LogP contribution in [0.3, 0.4) is 0 Å². The predicted molar refractivity (Wildman–Crippen MR) is 243 cm³/mol. The molecule has 1 saturated carbocycles. The Bertz CT molecular complexity index is 1920. The summed E-state index contributed by atoms with van der Waals surface area (Å²) in [7, 11) is -2.40. The number of likely N-dealkylation sites (tertiary alicyclic amines) is 2. The fraction of sp³-hybridized carbons (Fsp3) is 0.604. The normalized spacial score (nSPS) is 19.1. The van der Waals surface area contributed by atoms with E-state index in [0.717, 1.165) is 30.4 Å². The van der Waals surface area contributed by atoms with Gasteiger partial charge in [-0.2, -0.15) is 0 Å². The Morgan fingerprint density at radius 3 is 2.18 bits per heavy atom. The van der Waals surface area contributed by atoms with Crippen LogP contribution < -0.4 is 15.1 Å². The molecule has 4 atom stereocenters. The van der Waals surface area contributed by atoms with Crippen LogP contribution in [-0.4, -0.2) is 97.4 Å². The van der Waals surface area contributed by atoms with Gasteiger partial charge in [0.05, 0.1) is 29.9 Å². The number of anilines is 1. The fourth-order valence-electron chi connectivity index (χ4n) is 9.74. The van der Waals surface area contributed by atoms with Crippen LogP contribution >= 0.6 is 0 Å². The highest BCUT2D eigenvalue weighted by Crippen LogP contribution is 2.55. The number of amides is 4. The molecule has 4 amide bonds. The molecule has 1 unspecified atom stereocenters. The topological polar surface area (TPSA) is 164 Å². The number of ether oxygens (including phenoxy) is 2. The van der Waals surface area contributed by atoms with E-state index in [1.807, 2.05) is 20.8 Å². The molecule has 3 fully saturated rings. The molecule has 1 spiro atoms. The van der Waals surface area contributed by atoms with E-state index in [4.69, 9.17) is 13.9 Å². The summed E-state index contributed by atoms with van der Waals surface area (Å²) < 4.78 is 17.9. The first-order valence-electron chi connectivity index (χ1n) is 22.5. The van der Waals surface area contributed by atoms with E-state index in [1.165, 1.54) is 11.0 Å². The molecule has 0 radical (unpaired) electrons. The van der Waals surface area contributed by atoms with E-state index >= 15 is 0 Å². The van der Waals surface area contributed by atoms with Gasteiger partial charge in [0.15, 0.2) is 5.78 Å². The minimum absolute atomic E-state index is 0.0484. The number of nitrogens with one attached hydrogen (secondary N) is 2. The number of aliphatic hydroxyl groups excluding tert-OH is 1. The number of rotatable bonds is 19. The molecule has 62 heavy (non-hydrogen) atoms. The van der Waals surface area contributed by atoms with Gasteiger partial charge in [-0.05, 0) is 89.7 Å². The Kier molecular flexibility index (Phi) is 16.1. The second-order valence-electron chi connectivity index (χ2n) is 18.8. The lowest BCUT2D eigenvalue weighted by molar-refractivity contribution is -0.131. The summed E-state index contributed by atoms with van der Waals surface area (Å²) in [5.74, 6) is -0.283. The van der Waals surface area contributed by atoms with E-state index in [-0.39, 0.29) is 61.2 Å². The Morgan fingerprint density at radius 2 is 1.60 bits per heavy atom. The largest absolute Gasteiger partial charge is 0.542 e. The zero-order chi connectivity index (χ0) is 45.5. The summed E-state index contributed by atoms with van der Waals surface area (Å²) >= 11 is 0. The maximum absolute atomic E-state index is 14.3. The summed E-state index contributed by atoms with van der Waals surface area (Å²) in [6.45, 7) is 23.5. The molecule has 2 aromatic carbocycles. The van der Waals surface area contributed by atoms with Gasteiger partial charge in [-0.3, -0.25) is 24.6 Å². The zero-order valence-corrected chi connectivity index (χ0v) is 39.4. The van der Waals surface area contributed by atoms with E-state index in [2.05, 4.69) is 58.8 Å². The summed E-state index contributed by atoms with van der Waals surface area (Å²) in [4.78, 5) is 70.7. The number of benzene rings is 2. The summed E-state index contributed by atoms with van der Waals surface area (Å²) in [6.07, 6.45) is 4.87. The lowest BCUT2D eigenvalue weighted by Crippen LogP contribution is -2.53. The summed E-state index contributed by atoms with van der Waals surface area (Å²) in [5.41, 5.74) is 3.81. The minimum atomic E-state index is -2.40. The highest BCUT2D eigenvalue weighted by molar-refractivity contribution is 6.78. The molecular formula is C48H70N4O9Si. The summed E-state index contributed by atoms with van der Waals surface area (Å²) in [6, 6.07) is 8.98. The molecule has 1 aliphatic carbocycles. The molecule has 2 heterocycles.